The van der Waals surface area contributed by atoms with Gasteiger partial charge in [-0.3, -0.25) is 9.80 Å². The summed E-state index contributed by atoms with van der Waals surface area (Å²) in [4.78, 5) is 4.68. The lowest BCUT2D eigenvalue weighted by atomic mass is 10.1. The Kier molecular flexibility index (Phi) is 5.14. The summed E-state index contributed by atoms with van der Waals surface area (Å²) >= 11 is 0. The lowest BCUT2D eigenvalue weighted by Crippen LogP contribution is -2.46. The lowest BCUT2D eigenvalue weighted by Gasteiger charge is -2.33. The highest BCUT2D eigenvalue weighted by molar-refractivity contribution is 5.52. The minimum atomic E-state index is 0.562. The van der Waals surface area contributed by atoms with Crippen LogP contribution in [0.25, 0.3) is 6.08 Å². The predicted octanol–water partition coefficient (Wildman–Crippen LogP) is 2.23. The van der Waals surface area contributed by atoms with Crippen LogP contribution in [0.5, 0.6) is 0 Å². The first kappa shape index (κ1) is 13.8. The van der Waals surface area contributed by atoms with E-state index in [0.29, 0.717) is 6.54 Å². The van der Waals surface area contributed by atoms with Crippen molar-refractivity contribution in [1.29, 1.82) is 5.26 Å². The molecule has 3 heteroatoms. The fourth-order valence-corrected chi connectivity index (χ4v) is 2.44. The zero-order valence-corrected chi connectivity index (χ0v) is 11.5. The van der Waals surface area contributed by atoms with Gasteiger partial charge < -0.3 is 0 Å². The summed E-state index contributed by atoms with van der Waals surface area (Å²) in [5.41, 5.74) is 2.66. The van der Waals surface area contributed by atoms with Crippen molar-refractivity contribution < 1.29 is 0 Å². The van der Waals surface area contributed by atoms with Crippen LogP contribution in [0.3, 0.4) is 0 Å². The van der Waals surface area contributed by atoms with Gasteiger partial charge >= 0.3 is 0 Å². The largest absolute Gasteiger partial charge is 0.297 e. The molecule has 1 fully saturated rings. The molecule has 0 atom stereocenters. The number of nitriles is 1. The molecule has 1 saturated heterocycles. The van der Waals surface area contributed by atoms with E-state index in [-0.39, 0.29) is 0 Å². The van der Waals surface area contributed by atoms with Crippen LogP contribution >= 0.6 is 0 Å². The first-order valence-electron chi connectivity index (χ1n) is 6.82. The van der Waals surface area contributed by atoms with E-state index in [1.807, 2.05) is 6.07 Å². The first-order valence-corrected chi connectivity index (χ1v) is 6.82. The average Bonchev–Trinajstić information content (AvgIpc) is 2.42. The van der Waals surface area contributed by atoms with E-state index in [2.05, 4.69) is 53.1 Å². The molecular weight excluding hydrogens is 234 g/mol. The average molecular weight is 255 g/mol. The molecule has 3 nitrogen and oxygen atoms in total. The topological polar surface area (TPSA) is 30.3 Å². The van der Waals surface area contributed by atoms with E-state index in [1.165, 1.54) is 11.1 Å². The molecule has 0 aromatic heterocycles. The number of benzene rings is 1. The maximum Gasteiger partial charge on any atom is 0.0866 e. The Bertz CT molecular complexity index is 451. The highest BCUT2D eigenvalue weighted by atomic mass is 15.3. The Morgan fingerprint density at radius 1 is 1.16 bits per heavy atom. The molecule has 0 unspecified atom stereocenters. The van der Waals surface area contributed by atoms with Crippen LogP contribution in [-0.4, -0.2) is 49.1 Å². The predicted molar refractivity (Wildman–Crippen MR) is 78.6 cm³/mol. The summed E-state index contributed by atoms with van der Waals surface area (Å²) in [6, 6.07) is 12.7. The van der Waals surface area contributed by atoms with Crippen LogP contribution in [0, 0.1) is 11.3 Å². The fourth-order valence-electron chi connectivity index (χ4n) is 2.44. The third-order valence-corrected chi connectivity index (χ3v) is 3.44. The van der Waals surface area contributed by atoms with Crippen molar-refractivity contribution in [2.75, 3.05) is 39.3 Å². The fraction of sp³-hybridized carbons (Fsp3) is 0.438. The molecule has 0 N–H and O–H groups in total. The van der Waals surface area contributed by atoms with E-state index in [4.69, 9.17) is 5.26 Å². The molecule has 0 saturated carbocycles. The summed E-state index contributed by atoms with van der Waals surface area (Å²) < 4.78 is 0. The number of hydrogen-bond acceptors (Lipinski definition) is 3. The SMILES string of the molecule is CC(=Cc1ccccc1)CN1CCN(CC#N)CC1. The van der Waals surface area contributed by atoms with Gasteiger partial charge in [-0.2, -0.15) is 5.26 Å². The van der Waals surface area contributed by atoms with Gasteiger partial charge in [0.15, 0.2) is 0 Å². The maximum atomic E-state index is 8.68. The molecule has 1 aliphatic heterocycles. The molecule has 0 bridgehead atoms. The van der Waals surface area contributed by atoms with E-state index in [9.17, 15) is 0 Å². The number of hydrogen-bond donors (Lipinski definition) is 0. The molecule has 0 spiro atoms. The van der Waals surface area contributed by atoms with Crippen LogP contribution in [0.1, 0.15) is 12.5 Å². The second-order valence-electron chi connectivity index (χ2n) is 5.11. The summed E-state index contributed by atoms with van der Waals surface area (Å²) in [5.74, 6) is 0. The minimum absolute atomic E-state index is 0.562. The van der Waals surface area contributed by atoms with E-state index in [1.54, 1.807) is 0 Å². The molecule has 0 amide bonds. The second kappa shape index (κ2) is 7.08. The smallest absolute Gasteiger partial charge is 0.0866 e. The zero-order chi connectivity index (χ0) is 13.5. The van der Waals surface area contributed by atoms with Gasteiger partial charge in [0.25, 0.3) is 0 Å². The maximum absolute atomic E-state index is 8.68. The molecule has 1 aromatic rings. The van der Waals surface area contributed by atoms with Crippen molar-refractivity contribution >= 4 is 6.08 Å². The van der Waals surface area contributed by atoms with Crippen molar-refractivity contribution in [3.8, 4) is 6.07 Å². The highest BCUT2D eigenvalue weighted by Crippen LogP contribution is 2.09. The molecule has 0 radical (unpaired) electrons. The molecule has 1 aliphatic rings. The van der Waals surface area contributed by atoms with Crippen molar-refractivity contribution in [2.24, 2.45) is 0 Å². The summed E-state index contributed by atoms with van der Waals surface area (Å²) in [6.07, 6.45) is 2.25. The number of piperazine rings is 1. The molecule has 1 aromatic carbocycles. The van der Waals surface area contributed by atoms with Crippen LogP contribution in [0.15, 0.2) is 35.9 Å². The van der Waals surface area contributed by atoms with Gasteiger partial charge in [0.1, 0.15) is 0 Å². The van der Waals surface area contributed by atoms with Crippen molar-refractivity contribution in [3.05, 3.63) is 41.5 Å². The van der Waals surface area contributed by atoms with Crippen LogP contribution in [-0.2, 0) is 0 Å². The Balaban J connectivity index is 1.82. The quantitative estimate of drug-likeness (QED) is 0.773. The molecule has 100 valence electrons. The second-order valence-corrected chi connectivity index (χ2v) is 5.11. The van der Waals surface area contributed by atoms with Crippen LogP contribution < -0.4 is 0 Å². The van der Waals surface area contributed by atoms with E-state index >= 15 is 0 Å². The third-order valence-electron chi connectivity index (χ3n) is 3.44. The van der Waals surface area contributed by atoms with E-state index < -0.39 is 0 Å². The van der Waals surface area contributed by atoms with E-state index in [0.717, 1.165) is 32.7 Å². The van der Waals surface area contributed by atoms with Gasteiger partial charge in [-0.25, -0.2) is 0 Å². The summed E-state index contributed by atoms with van der Waals surface area (Å²) in [6.45, 7) is 7.90. The third kappa shape index (κ3) is 4.51. The molecule has 1 heterocycles. The Morgan fingerprint density at radius 2 is 1.79 bits per heavy atom. The lowest BCUT2D eigenvalue weighted by molar-refractivity contribution is 0.153. The number of nitrogens with zero attached hydrogens (tertiary/aromatic N) is 3. The van der Waals surface area contributed by atoms with Crippen molar-refractivity contribution in [2.45, 2.75) is 6.92 Å². The van der Waals surface area contributed by atoms with Gasteiger partial charge in [-0.05, 0) is 12.5 Å². The normalized spacial score (nSPS) is 18.2. The molecule has 19 heavy (non-hydrogen) atoms. The van der Waals surface area contributed by atoms with Crippen LogP contribution in [0.4, 0.5) is 0 Å². The van der Waals surface area contributed by atoms with Gasteiger partial charge in [0, 0.05) is 32.7 Å². The van der Waals surface area contributed by atoms with Crippen molar-refractivity contribution in [3.63, 3.8) is 0 Å². The van der Waals surface area contributed by atoms with Gasteiger partial charge in [-0.15, -0.1) is 0 Å². The monoisotopic (exact) mass is 255 g/mol. The highest BCUT2D eigenvalue weighted by Gasteiger charge is 2.16. The summed E-state index contributed by atoms with van der Waals surface area (Å²) in [7, 11) is 0. The minimum Gasteiger partial charge on any atom is -0.297 e. The molecule has 2 rings (SSSR count). The van der Waals surface area contributed by atoms with Crippen LogP contribution in [0.2, 0.25) is 0 Å². The Labute approximate surface area is 115 Å². The van der Waals surface area contributed by atoms with Gasteiger partial charge in [0.2, 0.25) is 0 Å². The first-order chi connectivity index (χ1) is 9.28. The molecular formula is C16H21N3. The Morgan fingerprint density at radius 3 is 2.42 bits per heavy atom. The number of rotatable bonds is 4. The van der Waals surface area contributed by atoms with Gasteiger partial charge in [-0.1, -0.05) is 42.0 Å². The molecule has 0 aliphatic carbocycles. The Hall–Kier alpha value is -1.63. The van der Waals surface area contributed by atoms with Gasteiger partial charge in [0.05, 0.1) is 12.6 Å². The standard InChI is InChI=1S/C16H21N3/c1-15(13-16-5-3-2-4-6-16)14-19-11-9-18(8-7-17)10-12-19/h2-6,13H,8-12,14H2,1H3. The zero-order valence-electron chi connectivity index (χ0n) is 11.5. The summed E-state index contributed by atoms with van der Waals surface area (Å²) in [5, 5.41) is 8.68. The van der Waals surface area contributed by atoms with Crippen molar-refractivity contribution in [1.82, 2.24) is 9.80 Å².